The number of nitrogens with one attached hydrogen (secondary N) is 1. The zero-order valence-electron chi connectivity index (χ0n) is 17.2. The molecule has 0 unspecified atom stereocenters. The Bertz CT molecular complexity index is 912. The Hall–Kier alpha value is -2.67. The van der Waals surface area contributed by atoms with Gasteiger partial charge >= 0.3 is 6.09 Å². The molecule has 29 heavy (non-hydrogen) atoms. The highest BCUT2D eigenvalue weighted by Crippen LogP contribution is 2.32. The van der Waals surface area contributed by atoms with Gasteiger partial charge in [-0.15, -0.1) is 11.3 Å². The molecule has 2 heterocycles. The summed E-state index contributed by atoms with van der Waals surface area (Å²) in [5, 5.41) is 2.85. The zero-order valence-corrected chi connectivity index (χ0v) is 18.0. The molecule has 7 heteroatoms. The van der Waals surface area contributed by atoms with Crippen molar-refractivity contribution in [3.8, 4) is 10.4 Å². The Morgan fingerprint density at radius 1 is 1.24 bits per heavy atom. The van der Waals surface area contributed by atoms with Gasteiger partial charge in [0.25, 0.3) is 5.91 Å². The van der Waals surface area contributed by atoms with Gasteiger partial charge in [0, 0.05) is 23.5 Å². The SMILES string of the molecule is Cc1cc(-c2ccc(C=O)cc2)sc1C(=O)N1CC[C@H](NC(=O)OC(C)(C)C)C1. The van der Waals surface area contributed by atoms with Gasteiger partial charge in [-0.3, -0.25) is 9.59 Å². The van der Waals surface area contributed by atoms with Gasteiger partial charge in [-0.1, -0.05) is 24.3 Å². The summed E-state index contributed by atoms with van der Waals surface area (Å²) < 4.78 is 5.29. The fraction of sp³-hybridized carbons (Fsp3) is 0.409. The maximum absolute atomic E-state index is 13.0. The molecular formula is C22H26N2O4S. The van der Waals surface area contributed by atoms with Crippen molar-refractivity contribution >= 4 is 29.6 Å². The molecule has 0 bridgehead atoms. The van der Waals surface area contributed by atoms with E-state index in [0.717, 1.165) is 22.3 Å². The zero-order chi connectivity index (χ0) is 21.2. The van der Waals surface area contributed by atoms with Crippen LogP contribution < -0.4 is 5.32 Å². The molecule has 0 saturated carbocycles. The van der Waals surface area contributed by atoms with Crippen molar-refractivity contribution in [1.82, 2.24) is 10.2 Å². The van der Waals surface area contributed by atoms with Gasteiger partial charge in [0.2, 0.25) is 0 Å². The van der Waals surface area contributed by atoms with Crippen LogP contribution >= 0.6 is 11.3 Å². The molecule has 0 aliphatic carbocycles. The quantitative estimate of drug-likeness (QED) is 0.758. The Morgan fingerprint density at radius 3 is 2.55 bits per heavy atom. The molecule has 1 aromatic heterocycles. The third kappa shape index (κ3) is 5.23. The minimum absolute atomic E-state index is 0.0169. The lowest BCUT2D eigenvalue weighted by atomic mass is 10.1. The van der Waals surface area contributed by atoms with Crippen molar-refractivity contribution in [2.24, 2.45) is 0 Å². The van der Waals surface area contributed by atoms with Crippen LogP contribution in [-0.2, 0) is 4.74 Å². The fourth-order valence-electron chi connectivity index (χ4n) is 3.24. The average molecular weight is 415 g/mol. The van der Waals surface area contributed by atoms with E-state index >= 15 is 0 Å². The fourth-order valence-corrected chi connectivity index (χ4v) is 4.39. The second-order valence-electron chi connectivity index (χ2n) is 8.25. The van der Waals surface area contributed by atoms with Gasteiger partial charge in [0.1, 0.15) is 11.9 Å². The number of rotatable bonds is 4. The first-order valence-corrected chi connectivity index (χ1v) is 10.4. The summed E-state index contributed by atoms with van der Waals surface area (Å²) in [6.45, 7) is 8.46. The van der Waals surface area contributed by atoms with E-state index in [1.54, 1.807) is 17.0 Å². The van der Waals surface area contributed by atoms with E-state index in [0.29, 0.717) is 30.0 Å². The summed E-state index contributed by atoms with van der Waals surface area (Å²) in [5.74, 6) is -0.0169. The van der Waals surface area contributed by atoms with Gasteiger partial charge in [-0.2, -0.15) is 0 Å². The first-order valence-electron chi connectivity index (χ1n) is 9.61. The lowest BCUT2D eigenvalue weighted by molar-refractivity contribution is 0.0502. The number of nitrogens with zero attached hydrogens (tertiary/aromatic N) is 1. The maximum Gasteiger partial charge on any atom is 0.407 e. The second-order valence-corrected chi connectivity index (χ2v) is 9.30. The van der Waals surface area contributed by atoms with Gasteiger partial charge in [-0.25, -0.2) is 4.79 Å². The molecule has 1 atom stereocenters. The molecule has 1 aliphatic rings. The number of aldehydes is 1. The third-order valence-corrected chi connectivity index (χ3v) is 5.91. The van der Waals surface area contributed by atoms with E-state index < -0.39 is 11.7 Å². The largest absolute Gasteiger partial charge is 0.444 e. The highest BCUT2D eigenvalue weighted by molar-refractivity contribution is 7.17. The molecule has 6 nitrogen and oxygen atoms in total. The topological polar surface area (TPSA) is 75.7 Å². The highest BCUT2D eigenvalue weighted by atomic mass is 32.1. The lowest BCUT2D eigenvalue weighted by Crippen LogP contribution is -2.41. The van der Waals surface area contributed by atoms with Crippen LogP contribution in [0, 0.1) is 6.92 Å². The molecule has 1 aromatic carbocycles. The summed E-state index contributed by atoms with van der Waals surface area (Å²) in [7, 11) is 0. The first kappa shape index (κ1) is 21.0. The smallest absolute Gasteiger partial charge is 0.407 e. The van der Waals surface area contributed by atoms with Crippen LogP contribution in [0.3, 0.4) is 0 Å². The number of hydrogen-bond acceptors (Lipinski definition) is 5. The summed E-state index contributed by atoms with van der Waals surface area (Å²) in [4.78, 5) is 39.3. The van der Waals surface area contributed by atoms with Crippen molar-refractivity contribution in [3.05, 3.63) is 46.3 Å². The Balaban J connectivity index is 1.66. The summed E-state index contributed by atoms with van der Waals surface area (Å²) in [5.41, 5.74) is 1.98. The first-order chi connectivity index (χ1) is 13.7. The van der Waals surface area contributed by atoms with Gasteiger partial charge in [-0.05, 0) is 51.3 Å². The number of carbonyl (C=O) groups excluding carboxylic acids is 3. The normalized spacial score (nSPS) is 16.6. The van der Waals surface area contributed by atoms with Crippen molar-refractivity contribution in [2.75, 3.05) is 13.1 Å². The molecule has 0 spiro atoms. The number of carbonyl (C=O) groups is 3. The van der Waals surface area contributed by atoms with E-state index in [2.05, 4.69) is 5.32 Å². The minimum atomic E-state index is -0.549. The van der Waals surface area contributed by atoms with E-state index in [-0.39, 0.29) is 11.9 Å². The molecule has 2 amide bonds. The van der Waals surface area contributed by atoms with E-state index in [4.69, 9.17) is 4.74 Å². The number of benzene rings is 1. The van der Waals surface area contributed by atoms with Crippen LogP contribution in [0.15, 0.2) is 30.3 Å². The summed E-state index contributed by atoms with van der Waals surface area (Å²) in [6.07, 6.45) is 1.06. The number of amides is 2. The number of hydrogen-bond donors (Lipinski definition) is 1. The predicted molar refractivity (Wildman–Crippen MR) is 114 cm³/mol. The second kappa shape index (κ2) is 8.37. The summed E-state index contributed by atoms with van der Waals surface area (Å²) in [6, 6.07) is 9.21. The van der Waals surface area contributed by atoms with Crippen LogP contribution in [0.1, 0.15) is 52.8 Å². The molecule has 0 radical (unpaired) electrons. The number of thiophene rings is 1. The Morgan fingerprint density at radius 2 is 1.93 bits per heavy atom. The van der Waals surface area contributed by atoms with Gasteiger partial charge in [0.05, 0.1) is 10.9 Å². The number of ether oxygens (including phenoxy) is 1. The monoisotopic (exact) mass is 414 g/mol. The van der Waals surface area contributed by atoms with E-state index in [1.165, 1.54) is 11.3 Å². The van der Waals surface area contributed by atoms with E-state index in [1.807, 2.05) is 45.9 Å². The molecule has 1 saturated heterocycles. The van der Waals surface area contributed by atoms with E-state index in [9.17, 15) is 14.4 Å². The standard InChI is InChI=1S/C22H26N2O4S/c1-14-11-18(16-7-5-15(13-25)6-8-16)29-19(14)20(26)24-10-9-17(12-24)23-21(27)28-22(2,3)4/h5-8,11,13,17H,9-10,12H2,1-4H3,(H,23,27)/t17-/m0/s1. The molecule has 2 aromatic rings. The minimum Gasteiger partial charge on any atom is -0.444 e. The van der Waals surface area contributed by atoms with Crippen LogP contribution in [0.2, 0.25) is 0 Å². The van der Waals surface area contributed by atoms with Crippen LogP contribution in [0.5, 0.6) is 0 Å². The Labute approximate surface area is 174 Å². The van der Waals surface area contributed by atoms with Crippen molar-refractivity contribution < 1.29 is 19.1 Å². The molecule has 1 fully saturated rings. The van der Waals surface area contributed by atoms with Crippen molar-refractivity contribution in [1.29, 1.82) is 0 Å². The van der Waals surface area contributed by atoms with Crippen LogP contribution in [-0.4, -0.2) is 47.9 Å². The average Bonchev–Trinajstić information content (AvgIpc) is 3.26. The van der Waals surface area contributed by atoms with Gasteiger partial charge in [0.15, 0.2) is 0 Å². The number of likely N-dealkylation sites (tertiary alicyclic amines) is 1. The lowest BCUT2D eigenvalue weighted by Gasteiger charge is -2.22. The van der Waals surface area contributed by atoms with Crippen LogP contribution in [0.4, 0.5) is 4.79 Å². The molecule has 3 rings (SSSR count). The third-order valence-electron chi connectivity index (χ3n) is 4.64. The van der Waals surface area contributed by atoms with Gasteiger partial charge < -0.3 is 15.0 Å². The van der Waals surface area contributed by atoms with Crippen molar-refractivity contribution in [2.45, 2.75) is 45.8 Å². The molecule has 154 valence electrons. The predicted octanol–water partition coefficient (Wildman–Crippen LogP) is 4.28. The number of alkyl carbamates (subject to hydrolysis) is 1. The number of aryl methyl sites for hydroxylation is 1. The molecular weight excluding hydrogens is 388 g/mol. The molecule has 1 N–H and O–H groups in total. The van der Waals surface area contributed by atoms with Crippen LogP contribution in [0.25, 0.3) is 10.4 Å². The Kier molecular flexibility index (Phi) is 6.07. The van der Waals surface area contributed by atoms with Crippen molar-refractivity contribution in [3.63, 3.8) is 0 Å². The summed E-state index contributed by atoms with van der Waals surface area (Å²) >= 11 is 1.45. The maximum atomic E-state index is 13.0. The highest BCUT2D eigenvalue weighted by Gasteiger charge is 2.30. The molecule has 1 aliphatic heterocycles.